The number of carbonyl (C=O) groups is 2. The third-order valence-corrected chi connectivity index (χ3v) is 8.21. The van der Waals surface area contributed by atoms with Crippen molar-refractivity contribution in [2.24, 2.45) is 5.41 Å². The number of hydrogen-bond acceptors (Lipinski definition) is 6. The predicted octanol–water partition coefficient (Wildman–Crippen LogP) is 5.97. The summed E-state index contributed by atoms with van der Waals surface area (Å²) in [5.41, 5.74) is 1.97. The van der Waals surface area contributed by atoms with E-state index in [4.69, 9.17) is 32.7 Å². The van der Waals surface area contributed by atoms with Crippen LogP contribution in [0.25, 0.3) is 0 Å². The maximum absolute atomic E-state index is 12.6. The number of nitrogens with zero attached hydrogens (tertiary/aromatic N) is 3. The van der Waals surface area contributed by atoms with Crippen molar-refractivity contribution >= 4 is 46.5 Å². The van der Waals surface area contributed by atoms with Crippen molar-refractivity contribution in [2.45, 2.75) is 39.5 Å². The third-order valence-electron chi connectivity index (χ3n) is 7.40. The SMILES string of the molecule is C=CC(C)(C)C(=O)OCN1C(=O)CCc2ccc(OCCCCN3CCN(c4cccc(Cl)c4Cl)CC3)cc21. The average molecular weight is 575 g/mol. The van der Waals surface area contributed by atoms with E-state index in [2.05, 4.69) is 16.4 Å². The Kier molecular flexibility index (Phi) is 9.81. The van der Waals surface area contributed by atoms with Gasteiger partial charge in [0.2, 0.25) is 5.91 Å². The van der Waals surface area contributed by atoms with Gasteiger partial charge < -0.3 is 14.4 Å². The zero-order valence-electron chi connectivity index (χ0n) is 22.8. The van der Waals surface area contributed by atoms with E-state index in [1.165, 1.54) is 4.90 Å². The van der Waals surface area contributed by atoms with Crippen molar-refractivity contribution < 1.29 is 19.1 Å². The Bertz CT molecular complexity index is 1190. The number of aryl methyl sites for hydroxylation is 1. The van der Waals surface area contributed by atoms with Gasteiger partial charge in [0.25, 0.3) is 0 Å². The van der Waals surface area contributed by atoms with Crippen molar-refractivity contribution in [1.82, 2.24) is 4.90 Å². The molecule has 1 fully saturated rings. The molecule has 2 heterocycles. The van der Waals surface area contributed by atoms with Crippen LogP contribution in [0.15, 0.2) is 49.1 Å². The van der Waals surface area contributed by atoms with Gasteiger partial charge in [-0.15, -0.1) is 6.58 Å². The molecule has 2 aromatic carbocycles. The Labute approximate surface area is 241 Å². The molecule has 9 heteroatoms. The van der Waals surface area contributed by atoms with Crippen LogP contribution in [0.4, 0.5) is 11.4 Å². The molecule has 1 saturated heterocycles. The zero-order chi connectivity index (χ0) is 28.0. The molecule has 210 valence electrons. The summed E-state index contributed by atoms with van der Waals surface area (Å²) in [6.07, 6.45) is 4.55. The minimum Gasteiger partial charge on any atom is -0.494 e. The first-order valence-electron chi connectivity index (χ1n) is 13.5. The monoisotopic (exact) mass is 573 g/mol. The molecule has 0 bridgehead atoms. The molecule has 4 rings (SSSR count). The van der Waals surface area contributed by atoms with E-state index in [0.717, 1.165) is 62.5 Å². The van der Waals surface area contributed by atoms with Gasteiger partial charge in [0, 0.05) is 38.7 Å². The first-order valence-corrected chi connectivity index (χ1v) is 14.2. The van der Waals surface area contributed by atoms with Crippen LogP contribution in [-0.4, -0.2) is 62.8 Å². The molecule has 0 spiro atoms. The molecule has 0 unspecified atom stereocenters. The van der Waals surface area contributed by atoms with Gasteiger partial charge >= 0.3 is 5.97 Å². The number of fused-ring (bicyclic) bond motifs is 1. The topological polar surface area (TPSA) is 62.3 Å². The average Bonchev–Trinajstić information content (AvgIpc) is 2.94. The lowest BCUT2D eigenvalue weighted by atomic mass is 9.94. The summed E-state index contributed by atoms with van der Waals surface area (Å²) >= 11 is 12.6. The highest BCUT2D eigenvalue weighted by Gasteiger charge is 2.30. The highest BCUT2D eigenvalue weighted by molar-refractivity contribution is 6.43. The highest BCUT2D eigenvalue weighted by Crippen LogP contribution is 2.34. The van der Waals surface area contributed by atoms with Crippen molar-refractivity contribution in [2.75, 3.05) is 55.9 Å². The summed E-state index contributed by atoms with van der Waals surface area (Å²) in [4.78, 5) is 31.3. The van der Waals surface area contributed by atoms with Crippen LogP contribution < -0.4 is 14.5 Å². The Hall–Kier alpha value is -2.74. The first-order chi connectivity index (χ1) is 18.7. The molecule has 7 nitrogen and oxygen atoms in total. The lowest BCUT2D eigenvalue weighted by Gasteiger charge is -2.36. The van der Waals surface area contributed by atoms with Gasteiger partial charge in [-0.3, -0.25) is 19.4 Å². The lowest BCUT2D eigenvalue weighted by Crippen LogP contribution is -2.46. The van der Waals surface area contributed by atoms with Crippen LogP contribution in [0.1, 0.15) is 38.7 Å². The number of anilines is 2. The number of unbranched alkanes of at least 4 members (excludes halogenated alkanes) is 1. The van der Waals surface area contributed by atoms with E-state index < -0.39 is 11.4 Å². The molecule has 0 saturated carbocycles. The molecule has 2 aliphatic rings. The van der Waals surface area contributed by atoms with Gasteiger partial charge in [0.1, 0.15) is 5.75 Å². The van der Waals surface area contributed by atoms with Crippen LogP contribution in [-0.2, 0) is 20.7 Å². The molecular formula is C30H37Cl2N3O4. The summed E-state index contributed by atoms with van der Waals surface area (Å²) in [6, 6.07) is 11.6. The van der Waals surface area contributed by atoms with E-state index in [9.17, 15) is 9.59 Å². The van der Waals surface area contributed by atoms with E-state index in [0.29, 0.717) is 35.2 Å². The molecule has 2 aromatic rings. The summed E-state index contributed by atoms with van der Waals surface area (Å²) in [5.74, 6) is 0.222. The molecular weight excluding hydrogens is 537 g/mol. The minimum atomic E-state index is -0.815. The van der Waals surface area contributed by atoms with E-state index in [-0.39, 0.29) is 12.6 Å². The Morgan fingerprint density at radius 2 is 1.82 bits per heavy atom. The van der Waals surface area contributed by atoms with Gasteiger partial charge in [-0.1, -0.05) is 41.4 Å². The van der Waals surface area contributed by atoms with Gasteiger partial charge in [-0.25, -0.2) is 0 Å². The van der Waals surface area contributed by atoms with Crippen LogP contribution >= 0.6 is 23.2 Å². The quantitative estimate of drug-likeness (QED) is 0.187. The number of carbonyl (C=O) groups excluding carboxylic acids is 2. The van der Waals surface area contributed by atoms with Crippen LogP contribution in [0.5, 0.6) is 5.75 Å². The molecule has 0 radical (unpaired) electrons. The summed E-state index contributed by atoms with van der Waals surface area (Å²) in [7, 11) is 0. The summed E-state index contributed by atoms with van der Waals surface area (Å²) in [5, 5.41) is 1.21. The molecule has 2 aliphatic heterocycles. The Balaban J connectivity index is 1.22. The van der Waals surface area contributed by atoms with Gasteiger partial charge in [0.15, 0.2) is 6.73 Å². The van der Waals surface area contributed by atoms with Crippen molar-refractivity contribution in [3.8, 4) is 5.75 Å². The number of rotatable bonds is 11. The lowest BCUT2D eigenvalue weighted by molar-refractivity contribution is -0.151. The highest BCUT2D eigenvalue weighted by atomic mass is 35.5. The van der Waals surface area contributed by atoms with Crippen molar-refractivity contribution in [3.05, 3.63) is 64.7 Å². The first kappa shape index (κ1) is 29.2. The fraction of sp³-hybridized carbons (Fsp3) is 0.467. The Morgan fingerprint density at radius 3 is 2.56 bits per heavy atom. The number of piperazine rings is 1. The molecule has 1 amide bonds. The maximum atomic E-state index is 12.6. The van der Waals surface area contributed by atoms with Crippen LogP contribution in [0.2, 0.25) is 10.0 Å². The van der Waals surface area contributed by atoms with Gasteiger partial charge in [0.05, 0.1) is 33.4 Å². The largest absolute Gasteiger partial charge is 0.494 e. The fourth-order valence-electron chi connectivity index (χ4n) is 4.72. The third kappa shape index (κ3) is 7.27. The van der Waals surface area contributed by atoms with E-state index in [1.807, 2.05) is 36.4 Å². The van der Waals surface area contributed by atoms with Crippen molar-refractivity contribution in [1.29, 1.82) is 0 Å². The molecule has 0 N–H and O–H groups in total. The second-order valence-electron chi connectivity index (χ2n) is 10.6. The second kappa shape index (κ2) is 13.1. The zero-order valence-corrected chi connectivity index (χ0v) is 24.3. The Morgan fingerprint density at radius 1 is 1.05 bits per heavy atom. The maximum Gasteiger partial charge on any atom is 0.317 e. The number of benzene rings is 2. The normalized spacial score (nSPS) is 16.2. The second-order valence-corrected chi connectivity index (χ2v) is 11.3. The van der Waals surface area contributed by atoms with E-state index >= 15 is 0 Å². The van der Waals surface area contributed by atoms with Gasteiger partial charge in [-0.2, -0.15) is 0 Å². The van der Waals surface area contributed by atoms with Crippen LogP contribution in [0.3, 0.4) is 0 Å². The number of esters is 1. The number of amides is 1. The number of hydrogen-bond donors (Lipinski definition) is 0. The minimum absolute atomic E-state index is 0.0680. The van der Waals surface area contributed by atoms with Gasteiger partial charge in [-0.05, 0) is 63.4 Å². The van der Waals surface area contributed by atoms with Crippen LogP contribution in [0, 0.1) is 5.41 Å². The number of ether oxygens (including phenoxy) is 2. The van der Waals surface area contributed by atoms with E-state index in [1.54, 1.807) is 19.9 Å². The summed E-state index contributed by atoms with van der Waals surface area (Å²) in [6.45, 7) is 12.4. The fourth-order valence-corrected chi connectivity index (χ4v) is 5.13. The molecule has 0 aliphatic carbocycles. The molecule has 0 aromatic heterocycles. The molecule has 39 heavy (non-hydrogen) atoms. The standard InChI is InChI=1S/C30H37Cl2N3O4/c1-4-30(2,3)29(37)39-21-35-26-20-23(12-10-22(26)11-13-27(35)36)38-19-6-5-14-33-15-17-34(18-16-33)25-9-7-8-24(31)28(25)32/h4,7-10,12,20H,1,5-6,11,13-19,21H2,2-3H3. The summed E-state index contributed by atoms with van der Waals surface area (Å²) < 4.78 is 11.5. The molecule has 0 atom stereocenters. The number of halogens is 2. The predicted molar refractivity (Wildman–Crippen MR) is 157 cm³/mol. The van der Waals surface area contributed by atoms with Crippen molar-refractivity contribution in [3.63, 3.8) is 0 Å². The smallest absolute Gasteiger partial charge is 0.317 e.